The first-order valence-corrected chi connectivity index (χ1v) is 19.9. The summed E-state index contributed by atoms with van der Waals surface area (Å²) in [4.78, 5) is 20.5. The van der Waals surface area contributed by atoms with Crippen LogP contribution in [0, 0.1) is 0 Å². The summed E-state index contributed by atoms with van der Waals surface area (Å²) in [5, 5.41) is 0. The molecule has 5 aromatic carbocycles. The van der Waals surface area contributed by atoms with Crippen molar-refractivity contribution in [2.24, 2.45) is 4.99 Å². The molecule has 6 aromatic rings. The molecule has 282 valence electrons. The topological polar surface area (TPSA) is 51.0 Å². The van der Waals surface area contributed by atoms with Gasteiger partial charge in [-0.05, 0) is 107 Å². The Hall–Kier alpha value is -7.04. The summed E-state index contributed by atoms with van der Waals surface area (Å²) in [6.07, 6.45) is 19.5. The molecule has 2 heterocycles. The minimum Gasteiger partial charge on any atom is -0.260 e. The third kappa shape index (κ3) is 8.23. The summed E-state index contributed by atoms with van der Waals surface area (Å²) in [7, 11) is 0. The summed E-state index contributed by atoms with van der Waals surface area (Å²) in [5.74, 6) is 1.88. The molecule has 4 nitrogen and oxygen atoms in total. The molecule has 0 N–H and O–H groups in total. The lowest BCUT2D eigenvalue weighted by molar-refractivity contribution is 0.587. The monoisotopic (exact) mass is 750 g/mol. The molecule has 4 heteroatoms. The fraction of sp³-hybridized carbons (Fsp3) is 0.111. The maximum Gasteiger partial charge on any atom is 0.164 e. The van der Waals surface area contributed by atoms with Gasteiger partial charge >= 0.3 is 0 Å². The lowest BCUT2D eigenvalue weighted by atomic mass is 9.77. The van der Waals surface area contributed by atoms with Crippen molar-refractivity contribution < 1.29 is 0 Å². The van der Waals surface area contributed by atoms with Crippen LogP contribution in [0.25, 0.3) is 50.9 Å². The zero-order chi connectivity index (χ0) is 39.9. The summed E-state index contributed by atoms with van der Waals surface area (Å²) in [5.41, 5.74) is 13.6. The van der Waals surface area contributed by atoms with Crippen molar-refractivity contribution in [3.05, 3.63) is 228 Å². The molecule has 0 saturated heterocycles. The molecule has 1 aromatic heterocycles. The highest BCUT2D eigenvalue weighted by Gasteiger charge is 2.29. The number of rotatable bonds is 10. The van der Waals surface area contributed by atoms with Gasteiger partial charge in [0.2, 0.25) is 0 Å². The van der Waals surface area contributed by atoms with Gasteiger partial charge in [0, 0.05) is 28.3 Å². The highest BCUT2D eigenvalue weighted by molar-refractivity contribution is 5.86. The van der Waals surface area contributed by atoms with E-state index in [9.17, 15) is 0 Å². The number of aliphatic imine (C=N–C) groups is 1. The Bertz CT molecular complexity index is 2620. The second kappa shape index (κ2) is 17.0. The zero-order valence-electron chi connectivity index (χ0n) is 33.1. The highest BCUT2D eigenvalue weighted by Crippen LogP contribution is 2.40. The summed E-state index contributed by atoms with van der Waals surface area (Å²) >= 11 is 0. The number of hydrogen-bond acceptors (Lipinski definition) is 4. The van der Waals surface area contributed by atoms with Crippen LogP contribution < -0.4 is 0 Å². The molecule has 1 aliphatic heterocycles. The molecule has 8 rings (SSSR count). The molecular formula is C54H46N4. The van der Waals surface area contributed by atoms with Gasteiger partial charge in [0.05, 0.1) is 5.70 Å². The SMILES string of the molecule is C=C/C(C)=C(C=C)/C=C(\c1ccccc1)c1cccc(-c2cc(-c3nc(-c4ccccc4)nc(-c4ccccc4)n3)cc(C3(C)C=NC4=C(CC=CC=C4)CC3)c2)c1. The van der Waals surface area contributed by atoms with Crippen molar-refractivity contribution in [3.63, 3.8) is 0 Å². The van der Waals surface area contributed by atoms with Crippen molar-refractivity contribution >= 4 is 11.8 Å². The third-order valence-corrected chi connectivity index (χ3v) is 11.1. The fourth-order valence-corrected chi connectivity index (χ4v) is 7.54. The quantitative estimate of drug-likeness (QED) is 0.131. The molecule has 0 fully saturated rings. The van der Waals surface area contributed by atoms with Crippen LogP contribution in [-0.4, -0.2) is 21.2 Å². The first kappa shape index (κ1) is 37.9. The van der Waals surface area contributed by atoms with Crippen LogP contribution in [0.4, 0.5) is 0 Å². The standard InChI is InChI=1S/C54H46N4/c1-5-38(3)39(6-2)36-49(40-20-11-7-12-21-40)45-28-19-27-44(32-45)46-33-47(35-48(34-46)54(4)31-30-41-22-13-10-18-29-50(41)55-37-54)53-57-51(42-23-14-8-15-24-42)56-52(58-53)43-25-16-9-17-26-43/h5-21,23-29,32-37H,1-2,22,30-31H2,3-4H3/b39-38+,49-36+. The van der Waals surface area contributed by atoms with Crippen molar-refractivity contribution in [1.82, 2.24) is 15.0 Å². The van der Waals surface area contributed by atoms with Gasteiger partial charge in [0.25, 0.3) is 0 Å². The van der Waals surface area contributed by atoms with Crippen molar-refractivity contribution in [2.45, 2.75) is 38.5 Å². The zero-order valence-corrected chi connectivity index (χ0v) is 33.1. The summed E-state index contributed by atoms with van der Waals surface area (Å²) < 4.78 is 0. The smallest absolute Gasteiger partial charge is 0.164 e. The number of benzene rings is 5. The molecule has 0 spiro atoms. The van der Waals surface area contributed by atoms with Crippen molar-refractivity contribution in [3.8, 4) is 45.3 Å². The Morgan fingerprint density at radius 2 is 1.22 bits per heavy atom. The van der Waals surface area contributed by atoms with Crippen LogP contribution in [0.5, 0.6) is 0 Å². The van der Waals surface area contributed by atoms with Crippen LogP contribution in [0.15, 0.2) is 217 Å². The molecule has 0 saturated carbocycles. The van der Waals surface area contributed by atoms with Crippen LogP contribution in [0.1, 0.15) is 49.8 Å². The van der Waals surface area contributed by atoms with Crippen molar-refractivity contribution in [1.29, 1.82) is 0 Å². The van der Waals surface area contributed by atoms with Crippen LogP contribution in [0.2, 0.25) is 0 Å². The van der Waals surface area contributed by atoms with E-state index >= 15 is 0 Å². The molecule has 58 heavy (non-hydrogen) atoms. The van der Waals surface area contributed by atoms with Gasteiger partial charge in [-0.15, -0.1) is 0 Å². The van der Waals surface area contributed by atoms with E-state index in [1.54, 1.807) is 0 Å². The van der Waals surface area contributed by atoms with Gasteiger partial charge in [-0.1, -0.05) is 166 Å². The normalized spacial score (nSPS) is 16.9. The first-order valence-electron chi connectivity index (χ1n) is 19.9. The van der Waals surface area contributed by atoms with Gasteiger partial charge in [-0.25, -0.2) is 15.0 Å². The van der Waals surface area contributed by atoms with E-state index in [1.807, 2.05) is 72.8 Å². The predicted octanol–water partition coefficient (Wildman–Crippen LogP) is 13.6. The van der Waals surface area contributed by atoms with Gasteiger partial charge in [0.1, 0.15) is 0 Å². The number of hydrogen-bond donors (Lipinski definition) is 0. The van der Waals surface area contributed by atoms with E-state index in [2.05, 4.69) is 136 Å². The first-order chi connectivity index (χ1) is 28.4. The number of aromatic nitrogens is 3. The van der Waals surface area contributed by atoms with E-state index in [-0.39, 0.29) is 5.41 Å². The molecular weight excluding hydrogens is 705 g/mol. The highest BCUT2D eigenvalue weighted by atomic mass is 15.0. The lowest BCUT2D eigenvalue weighted by Crippen LogP contribution is -2.23. The largest absolute Gasteiger partial charge is 0.260 e. The Balaban J connectivity index is 1.33. The van der Waals surface area contributed by atoms with Gasteiger partial charge < -0.3 is 0 Å². The molecule has 1 unspecified atom stereocenters. The molecule has 0 radical (unpaired) electrons. The lowest BCUT2D eigenvalue weighted by Gasteiger charge is -2.26. The van der Waals surface area contributed by atoms with E-state index in [4.69, 9.17) is 19.9 Å². The molecule has 2 aliphatic rings. The number of allylic oxidation sites excluding steroid dienone is 10. The Morgan fingerprint density at radius 1 is 0.621 bits per heavy atom. The maximum absolute atomic E-state index is 5.17. The second-order valence-electron chi connectivity index (χ2n) is 15.0. The van der Waals surface area contributed by atoms with Gasteiger partial charge in [0.15, 0.2) is 17.5 Å². The van der Waals surface area contributed by atoms with Crippen molar-refractivity contribution in [2.75, 3.05) is 0 Å². The van der Waals surface area contributed by atoms with Crippen LogP contribution >= 0.6 is 0 Å². The van der Waals surface area contributed by atoms with E-state index in [0.29, 0.717) is 17.5 Å². The predicted molar refractivity (Wildman–Crippen MR) is 243 cm³/mol. The minimum atomic E-state index is -0.357. The Kier molecular flexibility index (Phi) is 11.1. The van der Waals surface area contributed by atoms with Crippen LogP contribution in [0.3, 0.4) is 0 Å². The summed E-state index contributed by atoms with van der Waals surface area (Å²) in [6, 6.07) is 46.4. The average molecular weight is 751 g/mol. The average Bonchev–Trinajstić information content (AvgIpc) is 3.62. The Labute approximate surface area is 342 Å². The molecule has 0 bridgehead atoms. The van der Waals surface area contributed by atoms with E-state index in [1.165, 1.54) is 5.57 Å². The van der Waals surface area contributed by atoms with Gasteiger partial charge in [-0.2, -0.15) is 0 Å². The summed E-state index contributed by atoms with van der Waals surface area (Å²) in [6.45, 7) is 12.5. The van der Waals surface area contributed by atoms with Crippen LogP contribution in [-0.2, 0) is 5.41 Å². The van der Waals surface area contributed by atoms with E-state index < -0.39 is 0 Å². The fourth-order valence-electron chi connectivity index (χ4n) is 7.54. The molecule has 1 aliphatic carbocycles. The van der Waals surface area contributed by atoms with E-state index in [0.717, 1.165) is 86.2 Å². The Morgan fingerprint density at radius 3 is 1.88 bits per heavy atom. The third-order valence-electron chi connectivity index (χ3n) is 11.1. The maximum atomic E-state index is 5.17. The number of nitrogens with zero attached hydrogens (tertiary/aromatic N) is 4. The minimum absolute atomic E-state index is 0.357. The second-order valence-corrected chi connectivity index (χ2v) is 15.0. The molecule has 0 amide bonds. The molecule has 1 atom stereocenters. The van der Waals surface area contributed by atoms with Gasteiger partial charge in [-0.3, -0.25) is 4.99 Å².